The molecule has 0 unspecified atom stereocenters. The lowest BCUT2D eigenvalue weighted by molar-refractivity contribution is 0.381. The van der Waals surface area contributed by atoms with Gasteiger partial charge in [-0.2, -0.15) is 8.42 Å². The van der Waals surface area contributed by atoms with Crippen molar-refractivity contribution in [2.45, 2.75) is 155 Å². The molecule has 33 heavy (non-hydrogen) atoms. The highest BCUT2D eigenvalue weighted by Gasteiger charge is 2.29. The fourth-order valence-electron chi connectivity index (χ4n) is 3.79. The highest BCUT2D eigenvalue weighted by atomic mass is 32.3. The van der Waals surface area contributed by atoms with Crippen molar-refractivity contribution in [2.24, 2.45) is 0 Å². The van der Waals surface area contributed by atoms with Crippen LogP contribution in [-0.2, 0) is 10.4 Å². The molecule has 0 amide bonds. The summed E-state index contributed by atoms with van der Waals surface area (Å²) in [5.74, 6) is 0. The van der Waals surface area contributed by atoms with Crippen molar-refractivity contribution < 1.29 is 27.1 Å². The minimum Gasteiger partial charge on any atom is -0.432 e. The predicted molar refractivity (Wildman–Crippen MR) is 148 cm³/mol. The highest BCUT2D eigenvalue weighted by Crippen LogP contribution is 2.26. The van der Waals surface area contributed by atoms with Gasteiger partial charge in [-0.25, -0.2) is 0 Å². The van der Waals surface area contributed by atoms with Gasteiger partial charge in [0.2, 0.25) is 0 Å². The Morgan fingerprint density at radius 1 is 0.455 bits per heavy atom. The molecule has 0 rings (SSSR count). The summed E-state index contributed by atoms with van der Waals surface area (Å²) >= 11 is 0. The van der Waals surface area contributed by atoms with Gasteiger partial charge >= 0.3 is 10.4 Å². The molecule has 0 heterocycles. The first kappa shape index (κ1) is 37.8. The Bertz CT molecular complexity index is 422. The van der Waals surface area contributed by atoms with E-state index in [0.717, 1.165) is 36.3 Å². The molecule has 9 heteroatoms. The topological polar surface area (TPSA) is 115 Å². The maximum absolute atomic E-state index is 10.5. The fraction of sp³-hybridized carbons (Fsp3) is 1.00. The van der Waals surface area contributed by atoms with Gasteiger partial charge in [-0.15, -0.1) is 0 Å². The van der Waals surface area contributed by atoms with Gasteiger partial charge in [-0.05, 0) is 36.3 Å². The molecule has 0 aromatic heterocycles. The molecule has 0 aromatic carbocycles. The zero-order valence-corrected chi connectivity index (χ0v) is 25.6. The van der Waals surface area contributed by atoms with Crippen LogP contribution in [0.2, 0.25) is 36.3 Å². The van der Waals surface area contributed by atoms with E-state index in [1.165, 1.54) is 77.0 Å². The van der Waals surface area contributed by atoms with E-state index >= 15 is 0 Å². The molecule has 0 spiro atoms. The van der Waals surface area contributed by atoms with Crippen molar-refractivity contribution in [1.29, 1.82) is 0 Å². The van der Waals surface area contributed by atoms with Crippen LogP contribution in [0.5, 0.6) is 0 Å². The van der Waals surface area contributed by atoms with Gasteiger partial charge in [-0.1, -0.05) is 119 Å². The summed E-state index contributed by atoms with van der Waals surface area (Å²) in [5, 5.41) is 0. The number of unbranched alkanes of at least 4 members (excludes halogenated alkanes) is 6. The average molecular weight is 531 g/mol. The molecule has 6 nitrogen and oxygen atoms in total. The zero-order valence-electron chi connectivity index (χ0n) is 22.7. The first-order valence-corrected chi connectivity index (χ1v) is 20.0. The summed E-state index contributed by atoms with van der Waals surface area (Å²) in [6.07, 6.45) is 14.8. The molecular formula is C24H58O6SSi2. The predicted octanol–water partition coefficient (Wildman–Crippen LogP) is 8.00. The Hall–Kier alpha value is 0.224. The van der Waals surface area contributed by atoms with Crippen LogP contribution < -0.4 is 0 Å². The second-order valence-electron chi connectivity index (χ2n) is 9.52. The summed E-state index contributed by atoms with van der Waals surface area (Å²) < 4.78 is 31.6. The van der Waals surface area contributed by atoms with Gasteiger partial charge in [-0.3, -0.25) is 9.11 Å². The first-order chi connectivity index (χ1) is 15.4. The maximum Gasteiger partial charge on any atom is 0.394 e. The molecule has 4 N–H and O–H groups in total. The Morgan fingerprint density at radius 3 is 0.667 bits per heavy atom. The van der Waals surface area contributed by atoms with Gasteiger partial charge in [0, 0.05) is 0 Å². The molecule has 0 fully saturated rings. The highest BCUT2D eigenvalue weighted by molar-refractivity contribution is 7.79. The third-order valence-electron chi connectivity index (χ3n) is 5.97. The second-order valence-corrected chi connectivity index (χ2v) is 18.3. The number of hydrogen-bond acceptors (Lipinski definition) is 4. The summed E-state index contributed by atoms with van der Waals surface area (Å²) in [6.45, 7) is 13.3. The number of rotatable bonds is 18. The van der Waals surface area contributed by atoms with Crippen LogP contribution in [0.1, 0.15) is 119 Å². The van der Waals surface area contributed by atoms with Crippen molar-refractivity contribution >= 4 is 27.0 Å². The van der Waals surface area contributed by atoms with Crippen LogP contribution in [0.25, 0.3) is 0 Å². The molecule has 0 bridgehead atoms. The van der Waals surface area contributed by atoms with Crippen molar-refractivity contribution in [3.8, 4) is 0 Å². The Balaban J connectivity index is -0.000000453. The van der Waals surface area contributed by atoms with Gasteiger partial charge in [0.1, 0.15) is 0 Å². The van der Waals surface area contributed by atoms with Crippen LogP contribution in [0.15, 0.2) is 0 Å². The maximum atomic E-state index is 10.5. The van der Waals surface area contributed by atoms with E-state index in [0.29, 0.717) is 0 Å². The van der Waals surface area contributed by atoms with Crippen LogP contribution in [0, 0.1) is 0 Å². The molecular weight excluding hydrogens is 472 g/mol. The minimum atomic E-state index is -4.67. The lowest BCUT2D eigenvalue weighted by Gasteiger charge is -2.24. The molecule has 204 valence electrons. The van der Waals surface area contributed by atoms with Gasteiger partial charge < -0.3 is 9.59 Å². The first-order valence-electron chi connectivity index (χ1n) is 13.5. The quantitative estimate of drug-likeness (QED) is 0.105. The van der Waals surface area contributed by atoms with Crippen molar-refractivity contribution in [2.75, 3.05) is 0 Å². The third-order valence-corrected chi connectivity index (χ3v) is 13.7. The van der Waals surface area contributed by atoms with E-state index in [4.69, 9.17) is 17.5 Å². The molecule has 0 aliphatic rings. The Labute approximate surface area is 208 Å². The van der Waals surface area contributed by atoms with Gasteiger partial charge in [0.15, 0.2) is 16.6 Å². The van der Waals surface area contributed by atoms with E-state index in [9.17, 15) is 9.59 Å². The van der Waals surface area contributed by atoms with Crippen LogP contribution >= 0.6 is 0 Å². The molecule has 0 aromatic rings. The average Bonchev–Trinajstić information content (AvgIpc) is 2.75. The Kier molecular flexibility index (Phi) is 27.4. The van der Waals surface area contributed by atoms with E-state index in [1.807, 2.05) is 0 Å². The van der Waals surface area contributed by atoms with Crippen molar-refractivity contribution in [1.82, 2.24) is 0 Å². The smallest absolute Gasteiger partial charge is 0.394 e. The van der Waals surface area contributed by atoms with E-state index < -0.39 is 27.0 Å². The van der Waals surface area contributed by atoms with Crippen LogP contribution in [-0.4, -0.2) is 43.7 Å². The lowest BCUT2D eigenvalue weighted by atomic mass is 10.4. The SMILES string of the molecule is CCCC[Si](O)(CCCC)CCCC.CCCC[Si](O)(CCCC)CCCC.O=S(=O)(O)O. The molecule has 0 atom stereocenters. The summed E-state index contributed by atoms with van der Waals surface area (Å²) in [6, 6.07) is 6.85. The summed E-state index contributed by atoms with van der Waals surface area (Å²) in [5.41, 5.74) is 0. The monoisotopic (exact) mass is 530 g/mol. The van der Waals surface area contributed by atoms with E-state index in [-0.39, 0.29) is 0 Å². The molecule has 0 radical (unpaired) electrons. The minimum absolute atomic E-state index is 1.14. The van der Waals surface area contributed by atoms with Crippen molar-refractivity contribution in [3.63, 3.8) is 0 Å². The van der Waals surface area contributed by atoms with Gasteiger partial charge in [0.05, 0.1) is 0 Å². The fourth-order valence-corrected chi connectivity index (χ4v) is 11.4. The second kappa shape index (κ2) is 23.9. The number of hydrogen-bond donors (Lipinski definition) is 4. The van der Waals surface area contributed by atoms with Crippen molar-refractivity contribution in [3.05, 3.63) is 0 Å². The molecule has 0 saturated heterocycles. The summed E-state index contributed by atoms with van der Waals surface area (Å²) in [4.78, 5) is 21.1. The third kappa shape index (κ3) is 32.2. The largest absolute Gasteiger partial charge is 0.432 e. The summed E-state index contributed by atoms with van der Waals surface area (Å²) in [7, 11) is -8.29. The lowest BCUT2D eigenvalue weighted by Crippen LogP contribution is -2.33. The molecule has 0 aliphatic carbocycles. The van der Waals surface area contributed by atoms with E-state index in [1.54, 1.807) is 0 Å². The zero-order chi connectivity index (χ0) is 26.2. The van der Waals surface area contributed by atoms with Crippen LogP contribution in [0.4, 0.5) is 0 Å². The van der Waals surface area contributed by atoms with Gasteiger partial charge in [0.25, 0.3) is 0 Å². The Morgan fingerprint density at radius 2 is 0.576 bits per heavy atom. The normalized spacial score (nSPS) is 11.9. The van der Waals surface area contributed by atoms with E-state index in [2.05, 4.69) is 41.5 Å². The molecule has 0 saturated carbocycles. The standard InChI is InChI=1S/2C12H28OSi.H2O4S/c2*1-4-7-10-14(13,11-8-5-2)12-9-6-3;1-5(2,3)4/h2*13H,4-12H2,1-3H3;(H2,1,2,3,4). The van der Waals surface area contributed by atoms with Crippen LogP contribution in [0.3, 0.4) is 0 Å². The molecule has 0 aliphatic heterocycles.